The summed E-state index contributed by atoms with van der Waals surface area (Å²) in [6.07, 6.45) is 77.8. The van der Waals surface area contributed by atoms with Gasteiger partial charge in [0.1, 0.15) is 6.61 Å². The minimum absolute atomic E-state index is 0.0496. The van der Waals surface area contributed by atoms with Crippen molar-refractivity contribution in [3.05, 3.63) is 122 Å². The number of ether oxygens (including phenoxy) is 3. The summed E-state index contributed by atoms with van der Waals surface area (Å²) in [6, 6.07) is 0. The van der Waals surface area contributed by atoms with E-state index >= 15 is 0 Å². The van der Waals surface area contributed by atoms with Crippen LogP contribution in [-0.4, -0.2) is 37.9 Å². The van der Waals surface area contributed by atoms with Crippen LogP contribution in [0.25, 0.3) is 0 Å². The quantitative estimate of drug-likeness (QED) is 0.0346. The van der Waals surface area contributed by atoms with E-state index in [1.807, 2.05) is 0 Å². The van der Waals surface area contributed by atoms with Crippen molar-refractivity contribution in [3.8, 4) is 0 Å². The third-order valence-corrected chi connectivity index (χ3v) is 11.0. The molecule has 0 amide bonds. The number of unbranched alkanes of at least 4 members (excludes halogenated alkanes) is 17. The van der Waals surface area contributed by atoms with Gasteiger partial charge in [0.2, 0.25) is 0 Å². The fourth-order valence-electron chi connectivity index (χ4n) is 6.99. The summed E-state index contributed by atoms with van der Waals surface area (Å²) in [7, 11) is 0. The molecular formula is C61H100O5. The Hall–Kier alpha value is -3.70. The third-order valence-electron chi connectivity index (χ3n) is 11.0. The first-order valence-corrected chi connectivity index (χ1v) is 27.1. The van der Waals surface area contributed by atoms with Crippen molar-refractivity contribution in [1.29, 1.82) is 0 Å². The van der Waals surface area contributed by atoms with Gasteiger partial charge in [-0.3, -0.25) is 9.59 Å². The molecule has 0 aromatic rings. The molecule has 1 unspecified atom stereocenters. The molecule has 0 fully saturated rings. The first-order chi connectivity index (χ1) is 32.6. The van der Waals surface area contributed by atoms with Gasteiger partial charge in [0.15, 0.2) is 6.10 Å². The van der Waals surface area contributed by atoms with Crippen LogP contribution in [0.5, 0.6) is 0 Å². The lowest BCUT2D eigenvalue weighted by Crippen LogP contribution is -2.30. The Labute approximate surface area is 407 Å². The average molecular weight is 913 g/mol. The average Bonchev–Trinajstić information content (AvgIpc) is 3.32. The Kier molecular flexibility index (Phi) is 52.5. The Bertz CT molecular complexity index is 1350. The predicted molar refractivity (Wildman–Crippen MR) is 288 cm³/mol. The van der Waals surface area contributed by atoms with Crippen LogP contribution in [0.4, 0.5) is 0 Å². The van der Waals surface area contributed by atoms with Gasteiger partial charge in [-0.25, -0.2) is 0 Å². The molecule has 0 aromatic heterocycles. The molecule has 0 spiro atoms. The monoisotopic (exact) mass is 913 g/mol. The summed E-state index contributed by atoms with van der Waals surface area (Å²) in [5.41, 5.74) is 0. The maximum absolute atomic E-state index is 12.8. The standard InChI is InChI=1S/C61H100O5/c1-4-7-10-13-16-19-22-25-27-29-31-32-34-37-39-42-45-48-51-54-60(62)65-58-59(66-61(63)55-52-49-46-43-40-36-24-21-18-15-12-9-6-3)57-64-56-53-50-47-44-41-38-35-33-30-28-26-23-20-17-14-11-8-5-2/h7-8,10-11,16-17,19-21,24-28,31-33,35,37,39,59H,4-6,9,12-15,18,22-23,29-30,34,36,38,40-58H2,1-3H3/b10-7-,11-8-,19-16-,20-17-,24-21-,27-25-,28-26-,32-31-,35-33-,39-37-. The molecule has 0 saturated carbocycles. The molecule has 0 heterocycles. The number of esters is 2. The highest BCUT2D eigenvalue weighted by molar-refractivity contribution is 5.70. The molecule has 5 heteroatoms. The molecule has 0 N–H and O–H groups in total. The summed E-state index contributed by atoms with van der Waals surface area (Å²) in [6.45, 7) is 7.49. The fourth-order valence-corrected chi connectivity index (χ4v) is 6.99. The van der Waals surface area contributed by atoms with E-state index in [0.29, 0.717) is 19.4 Å². The van der Waals surface area contributed by atoms with E-state index in [1.54, 1.807) is 0 Å². The SMILES string of the molecule is CC/C=C\C/C=C\C/C=C\C/C=C\C/C=C\CCCCCC(=O)OCC(COCCCCCCC/C=C\C/C=C\C/C=C\C/C=C\CC)OC(=O)CCCCCCC/C=C\CCCCCC. The first kappa shape index (κ1) is 62.3. The Balaban J connectivity index is 4.39. The summed E-state index contributed by atoms with van der Waals surface area (Å²) in [4.78, 5) is 25.4. The largest absolute Gasteiger partial charge is 0.462 e. The first-order valence-electron chi connectivity index (χ1n) is 27.1. The summed E-state index contributed by atoms with van der Waals surface area (Å²) >= 11 is 0. The second kappa shape index (κ2) is 55.6. The summed E-state index contributed by atoms with van der Waals surface area (Å²) < 4.78 is 17.4. The van der Waals surface area contributed by atoms with Crippen LogP contribution in [0, 0.1) is 0 Å². The third kappa shape index (κ3) is 52.9. The van der Waals surface area contributed by atoms with Gasteiger partial charge in [0.25, 0.3) is 0 Å². The maximum Gasteiger partial charge on any atom is 0.306 e. The van der Waals surface area contributed by atoms with E-state index in [2.05, 4.69) is 142 Å². The van der Waals surface area contributed by atoms with Crippen molar-refractivity contribution in [1.82, 2.24) is 0 Å². The zero-order valence-corrected chi connectivity index (χ0v) is 42.9. The number of hydrogen-bond donors (Lipinski definition) is 0. The topological polar surface area (TPSA) is 61.8 Å². The molecule has 0 aromatic carbocycles. The van der Waals surface area contributed by atoms with Crippen molar-refractivity contribution in [3.63, 3.8) is 0 Å². The van der Waals surface area contributed by atoms with Crippen LogP contribution >= 0.6 is 0 Å². The van der Waals surface area contributed by atoms with Gasteiger partial charge in [0.05, 0.1) is 6.61 Å². The molecular weight excluding hydrogens is 813 g/mol. The lowest BCUT2D eigenvalue weighted by atomic mass is 10.1. The Morgan fingerprint density at radius 2 is 0.682 bits per heavy atom. The van der Waals surface area contributed by atoms with Crippen LogP contribution in [0.2, 0.25) is 0 Å². The van der Waals surface area contributed by atoms with Crippen LogP contribution in [-0.2, 0) is 23.8 Å². The van der Waals surface area contributed by atoms with Crippen molar-refractivity contribution < 1.29 is 23.8 Å². The molecule has 0 aliphatic carbocycles. The van der Waals surface area contributed by atoms with Crippen molar-refractivity contribution in [2.75, 3.05) is 19.8 Å². The molecule has 1 atom stereocenters. The van der Waals surface area contributed by atoms with E-state index in [-0.39, 0.29) is 25.2 Å². The van der Waals surface area contributed by atoms with Gasteiger partial charge in [-0.1, -0.05) is 206 Å². The van der Waals surface area contributed by atoms with Crippen molar-refractivity contribution in [2.45, 2.75) is 232 Å². The molecule has 5 nitrogen and oxygen atoms in total. The number of allylic oxidation sites excluding steroid dienone is 20. The number of carbonyl (C=O) groups is 2. The Morgan fingerprint density at radius 3 is 1.12 bits per heavy atom. The van der Waals surface area contributed by atoms with Gasteiger partial charge < -0.3 is 14.2 Å². The van der Waals surface area contributed by atoms with E-state index < -0.39 is 6.10 Å². The molecule has 0 bridgehead atoms. The van der Waals surface area contributed by atoms with E-state index in [9.17, 15) is 9.59 Å². The van der Waals surface area contributed by atoms with Gasteiger partial charge in [-0.2, -0.15) is 0 Å². The highest BCUT2D eigenvalue weighted by Gasteiger charge is 2.17. The number of carbonyl (C=O) groups excluding carboxylic acids is 2. The van der Waals surface area contributed by atoms with Crippen LogP contribution in [0.3, 0.4) is 0 Å². The van der Waals surface area contributed by atoms with Gasteiger partial charge in [0, 0.05) is 19.4 Å². The molecule has 0 aliphatic rings. The second-order valence-corrected chi connectivity index (χ2v) is 17.4. The molecule has 0 aliphatic heterocycles. The van der Waals surface area contributed by atoms with Crippen molar-refractivity contribution in [2.24, 2.45) is 0 Å². The van der Waals surface area contributed by atoms with E-state index in [0.717, 1.165) is 128 Å². The van der Waals surface area contributed by atoms with Gasteiger partial charge >= 0.3 is 11.9 Å². The highest BCUT2D eigenvalue weighted by Crippen LogP contribution is 2.12. The molecule has 0 radical (unpaired) electrons. The smallest absolute Gasteiger partial charge is 0.306 e. The second-order valence-electron chi connectivity index (χ2n) is 17.4. The lowest BCUT2D eigenvalue weighted by molar-refractivity contribution is -0.163. The number of rotatable bonds is 48. The minimum Gasteiger partial charge on any atom is -0.462 e. The zero-order chi connectivity index (χ0) is 47.7. The molecule has 0 saturated heterocycles. The number of hydrogen-bond acceptors (Lipinski definition) is 5. The highest BCUT2D eigenvalue weighted by atomic mass is 16.6. The maximum atomic E-state index is 12.8. The fraction of sp³-hybridized carbons (Fsp3) is 0.639. The van der Waals surface area contributed by atoms with Crippen LogP contribution in [0.15, 0.2) is 122 Å². The van der Waals surface area contributed by atoms with E-state index in [4.69, 9.17) is 14.2 Å². The van der Waals surface area contributed by atoms with Gasteiger partial charge in [-0.05, 0) is 128 Å². The zero-order valence-electron chi connectivity index (χ0n) is 42.9. The molecule has 374 valence electrons. The van der Waals surface area contributed by atoms with Crippen molar-refractivity contribution >= 4 is 11.9 Å². The Morgan fingerprint density at radius 1 is 0.348 bits per heavy atom. The molecule has 0 rings (SSSR count). The normalized spacial score (nSPS) is 13.2. The van der Waals surface area contributed by atoms with Crippen LogP contribution < -0.4 is 0 Å². The van der Waals surface area contributed by atoms with Crippen LogP contribution in [0.1, 0.15) is 226 Å². The summed E-state index contributed by atoms with van der Waals surface area (Å²) in [5.74, 6) is -0.462. The molecule has 66 heavy (non-hydrogen) atoms. The lowest BCUT2D eigenvalue weighted by Gasteiger charge is -2.18. The summed E-state index contributed by atoms with van der Waals surface area (Å²) in [5, 5.41) is 0. The predicted octanol–water partition coefficient (Wildman–Crippen LogP) is 18.6. The minimum atomic E-state index is -0.573. The van der Waals surface area contributed by atoms with E-state index in [1.165, 1.54) is 64.2 Å². The van der Waals surface area contributed by atoms with Gasteiger partial charge in [-0.15, -0.1) is 0 Å².